The monoisotopic (exact) mass is 500 g/mol. The quantitative estimate of drug-likeness (QED) is 0.158. The van der Waals surface area contributed by atoms with E-state index < -0.39 is 0 Å². The fourth-order valence-electron chi connectivity index (χ4n) is 3.07. The molecule has 1 aliphatic carbocycles. The van der Waals surface area contributed by atoms with Crippen molar-refractivity contribution in [3.8, 4) is 11.1 Å². The van der Waals surface area contributed by atoms with Crippen molar-refractivity contribution in [2.75, 3.05) is 0 Å². The van der Waals surface area contributed by atoms with E-state index in [9.17, 15) is 0 Å². The summed E-state index contributed by atoms with van der Waals surface area (Å²) < 4.78 is 0. The molecule has 0 bridgehead atoms. The molecule has 0 heterocycles. The summed E-state index contributed by atoms with van der Waals surface area (Å²) in [6, 6.07) is 32.8. The molecule has 0 N–H and O–H groups in total. The minimum absolute atomic E-state index is 0. The first kappa shape index (κ1) is 29.2. The molecule has 28 heavy (non-hydrogen) atoms. The maximum absolute atomic E-state index is 3.30. The normalized spacial score (nSPS) is 9.11. The van der Waals surface area contributed by atoms with Crippen molar-refractivity contribution in [3.63, 3.8) is 0 Å². The Morgan fingerprint density at radius 1 is 0.786 bits per heavy atom. The molecule has 5 rings (SSSR count). The largest absolute Gasteiger partial charge is 0.179 e. The summed E-state index contributed by atoms with van der Waals surface area (Å²) in [5.41, 5.74) is 5.51. The van der Waals surface area contributed by atoms with E-state index in [1.807, 2.05) is 6.07 Å². The van der Waals surface area contributed by atoms with Gasteiger partial charge < -0.3 is 14.9 Å². The van der Waals surface area contributed by atoms with Crippen LogP contribution < -0.4 is 0 Å². The van der Waals surface area contributed by atoms with Crippen LogP contribution in [0.4, 0.5) is 0 Å². The Morgan fingerprint density at radius 2 is 1.43 bits per heavy atom. The first-order chi connectivity index (χ1) is 11.9. The number of halogens is 2. The maximum Gasteiger partial charge on any atom is -0.0253 e. The van der Waals surface area contributed by atoms with E-state index in [4.69, 9.17) is 0 Å². The van der Waals surface area contributed by atoms with Crippen LogP contribution in [0.25, 0.3) is 21.9 Å². The zero-order chi connectivity index (χ0) is 16.8. The first-order valence-corrected chi connectivity index (χ1v) is 12.0. The van der Waals surface area contributed by atoms with Crippen molar-refractivity contribution in [2.45, 2.75) is 6.42 Å². The van der Waals surface area contributed by atoms with Gasteiger partial charge in [-0.1, -0.05) is 41.5 Å². The van der Waals surface area contributed by atoms with Gasteiger partial charge >= 0.3 is 30.2 Å². The summed E-state index contributed by atoms with van der Waals surface area (Å²) in [7, 11) is 0. The van der Waals surface area contributed by atoms with Crippen molar-refractivity contribution in [1.29, 1.82) is 0 Å². The summed E-state index contributed by atoms with van der Waals surface area (Å²) in [5, 5.41) is 2.66. The van der Waals surface area contributed by atoms with Crippen LogP contribution in [0.15, 0.2) is 84.9 Å². The topological polar surface area (TPSA) is 0 Å². The van der Waals surface area contributed by atoms with Gasteiger partial charge in [0.15, 0.2) is 0 Å². The Labute approximate surface area is 199 Å². The molecule has 0 atom stereocenters. The van der Waals surface area contributed by atoms with Crippen molar-refractivity contribution < 1.29 is 23.3 Å². The molecule has 0 saturated heterocycles. The molecule has 0 aliphatic heterocycles. The molecule has 0 fully saturated rings. The van der Waals surface area contributed by atoms with Gasteiger partial charge in [-0.3, -0.25) is 0 Å². The van der Waals surface area contributed by atoms with E-state index in [1.54, 1.807) is 0 Å². The molecule has 0 aromatic heterocycles. The molecule has 0 nitrogen and oxygen atoms in total. The van der Waals surface area contributed by atoms with Crippen LogP contribution in [0.1, 0.15) is 11.1 Å². The van der Waals surface area contributed by atoms with Crippen LogP contribution in [0.2, 0.25) is 0 Å². The SMILES string of the molecule is Cl.Cl.[CH3-].[CH3-].[Si]=[Zr].[c-]1cccc2c1Cc1ccccc1-2.c1ccc2[cH-]ccc2c1. The van der Waals surface area contributed by atoms with Crippen LogP contribution >= 0.6 is 24.8 Å². The van der Waals surface area contributed by atoms with Gasteiger partial charge in [-0.25, -0.2) is 0 Å². The van der Waals surface area contributed by atoms with Crippen molar-refractivity contribution in [2.24, 2.45) is 0 Å². The summed E-state index contributed by atoms with van der Waals surface area (Å²) in [6.07, 6.45) is 1.05. The second-order valence-corrected chi connectivity index (χ2v) is 5.55. The number of fused-ring (bicyclic) bond motifs is 4. The second-order valence-electron chi connectivity index (χ2n) is 5.55. The Kier molecular flexibility index (Phi) is 15.5. The third kappa shape index (κ3) is 6.78. The number of hydrogen-bond donors (Lipinski definition) is 0. The summed E-state index contributed by atoms with van der Waals surface area (Å²) in [6.45, 7) is 3.06. The third-order valence-electron chi connectivity index (χ3n) is 4.16. The van der Waals surface area contributed by atoms with E-state index in [2.05, 4.69) is 91.8 Å². The van der Waals surface area contributed by atoms with Crippen molar-refractivity contribution in [3.05, 3.63) is 117 Å². The maximum atomic E-state index is 3.30. The third-order valence-corrected chi connectivity index (χ3v) is 4.16. The summed E-state index contributed by atoms with van der Waals surface area (Å²) in [5.74, 6) is 0. The van der Waals surface area contributed by atoms with E-state index in [-0.39, 0.29) is 39.7 Å². The van der Waals surface area contributed by atoms with Crippen LogP contribution in [0.3, 0.4) is 0 Å². The fourth-order valence-corrected chi connectivity index (χ4v) is 3.07. The van der Waals surface area contributed by atoms with Crippen LogP contribution in [0.5, 0.6) is 0 Å². The Morgan fingerprint density at radius 3 is 2.18 bits per heavy atom. The van der Waals surface area contributed by atoms with Crippen molar-refractivity contribution in [1.82, 2.24) is 0 Å². The molecule has 2 radical (unpaired) electrons. The average Bonchev–Trinajstić information content (AvgIpc) is 3.28. The van der Waals surface area contributed by atoms with Gasteiger partial charge in [0.05, 0.1) is 0 Å². The number of hydrogen-bond acceptors (Lipinski definition) is 0. The summed E-state index contributed by atoms with van der Waals surface area (Å²) >= 11 is 1.36. The van der Waals surface area contributed by atoms with Gasteiger partial charge in [0.1, 0.15) is 0 Å². The first-order valence-electron chi connectivity index (χ1n) is 7.85. The fraction of sp³-hybridized carbons (Fsp3) is 0.0417. The van der Waals surface area contributed by atoms with Gasteiger partial charge in [0.2, 0.25) is 0 Å². The molecule has 1 aliphatic rings. The van der Waals surface area contributed by atoms with E-state index in [0.29, 0.717) is 0 Å². The molecule has 0 spiro atoms. The molecule has 0 unspecified atom stereocenters. The molecular weight excluding hydrogens is 478 g/mol. The smallest absolute Gasteiger partial charge is 0.0253 e. The van der Waals surface area contributed by atoms with E-state index in [0.717, 1.165) is 6.42 Å². The Bertz CT molecular complexity index is 876. The van der Waals surface area contributed by atoms with Crippen LogP contribution in [-0.2, 0) is 29.8 Å². The van der Waals surface area contributed by atoms with Gasteiger partial charge in [0.25, 0.3) is 0 Å². The van der Waals surface area contributed by atoms with Crippen LogP contribution in [-0.4, -0.2) is 6.88 Å². The van der Waals surface area contributed by atoms with Crippen molar-refractivity contribution >= 4 is 42.5 Å². The number of rotatable bonds is 0. The minimum Gasteiger partial charge on any atom is -0.179 e. The zero-order valence-electron chi connectivity index (χ0n) is 16.1. The molecule has 0 saturated carbocycles. The minimum atomic E-state index is 0. The molecule has 4 heteroatoms. The van der Waals surface area contributed by atoms with Gasteiger partial charge in [0, 0.05) is 0 Å². The molecule has 146 valence electrons. The van der Waals surface area contributed by atoms with Crippen LogP contribution in [0, 0.1) is 20.9 Å². The molecule has 4 aromatic carbocycles. The predicted octanol–water partition coefficient (Wildman–Crippen LogP) is 6.98. The Balaban J connectivity index is 0. The van der Waals surface area contributed by atoms with Gasteiger partial charge in [-0.2, -0.15) is 47.3 Å². The average molecular weight is 503 g/mol. The van der Waals surface area contributed by atoms with Gasteiger partial charge in [-0.15, -0.1) is 60.0 Å². The van der Waals surface area contributed by atoms with E-state index >= 15 is 0 Å². The second kappa shape index (κ2) is 14.9. The Hall–Kier alpha value is -1.05. The molecule has 0 amide bonds. The predicted molar refractivity (Wildman–Crippen MR) is 126 cm³/mol. The van der Waals surface area contributed by atoms with E-state index in [1.165, 1.54) is 56.4 Å². The van der Waals surface area contributed by atoms with Gasteiger partial charge in [-0.05, 0) is 6.42 Å². The standard InChI is InChI=1S/C13H9.C9H7.2CH3.2ClH.Si.Zr/c1-3-7-12-10(5-1)9-11-6-2-4-8-13(11)12;1-2-5-9-7-3-6-8(9)4-1;;;;;;/h1-5,7-8H,9H2;1-7H;2*1H3;2*1H;;/q4*-1;;;;. The summed E-state index contributed by atoms with van der Waals surface area (Å²) in [4.78, 5) is 0. The zero-order valence-corrected chi connectivity index (χ0v) is 21.2. The molecular formula is C24H24Cl2SiZr-4. The molecule has 4 aromatic rings. The number of benzene rings is 3.